The quantitative estimate of drug-likeness (QED) is 0.397. The molecule has 29 heavy (non-hydrogen) atoms. The molecule has 4 heteroatoms. The average molecular weight is 404 g/mol. The van der Waals surface area contributed by atoms with Crippen LogP contribution >= 0.6 is 11.6 Å². The number of allylic oxidation sites excluding steroid dienone is 2. The molecule has 3 atom stereocenters. The summed E-state index contributed by atoms with van der Waals surface area (Å²) in [5.74, 6) is -0.0528. The highest BCUT2D eigenvalue weighted by atomic mass is 35.5. The van der Waals surface area contributed by atoms with Gasteiger partial charge in [0.15, 0.2) is 5.78 Å². The minimum Gasteiger partial charge on any atom is -0.377 e. The van der Waals surface area contributed by atoms with Crippen LogP contribution in [0.5, 0.6) is 0 Å². The van der Waals surface area contributed by atoms with Crippen LogP contribution in [0.3, 0.4) is 0 Å². The summed E-state index contributed by atoms with van der Waals surface area (Å²) in [4.78, 5) is 13.3. The number of carbonyl (C=O) groups is 1. The standard InChI is InChI=1S/C25H19ClFNO/c26-16-13-20-17-10-6-11-18(17)23(19-9-4-5-12-22(19)27)28-24(20)21(14-16)25(29)15-7-2-1-3-8-15/h1-10,12-14,17-18,23,28H,11H2/t17-,18-,23-/m0/s1. The van der Waals surface area contributed by atoms with Crippen molar-refractivity contribution in [1.82, 2.24) is 0 Å². The Kier molecular flexibility index (Phi) is 4.48. The van der Waals surface area contributed by atoms with Gasteiger partial charge in [0.1, 0.15) is 5.82 Å². The van der Waals surface area contributed by atoms with Crippen molar-refractivity contribution in [3.63, 3.8) is 0 Å². The monoisotopic (exact) mass is 403 g/mol. The van der Waals surface area contributed by atoms with Crippen LogP contribution in [-0.2, 0) is 0 Å². The number of nitrogens with one attached hydrogen (secondary N) is 1. The number of ketones is 1. The molecule has 0 spiro atoms. The number of halogens is 2. The van der Waals surface area contributed by atoms with Crippen molar-refractivity contribution in [2.24, 2.45) is 5.92 Å². The number of rotatable bonds is 3. The second kappa shape index (κ2) is 7.16. The molecule has 0 saturated carbocycles. The van der Waals surface area contributed by atoms with Crippen LogP contribution in [-0.4, -0.2) is 5.78 Å². The molecule has 0 saturated heterocycles. The molecule has 5 rings (SSSR count). The van der Waals surface area contributed by atoms with Crippen LogP contribution in [0, 0.1) is 11.7 Å². The van der Waals surface area contributed by atoms with E-state index in [9.17, 15) is 9.18 Å². The summed E-state index contributed by atoms with van der Waals surface area (Å²) in [5, 5.41) is 4.05. The normalized spacial score (nSPS) is 21.9. The Bertz CT molecular complexity index is 1120. The van der Waals surface area contributed by atoms with E-state index in [2.05, 4.69) is 17.5 Å². The summed E-state index contributed by atoms with van der Waals surface area (Å²) in [6.45, 7) is 0. The molecule has 3 aromatic rings. The van der Waals surface area contributed by atoms with Crippen LogP contribution in [0.1, 0.15) is 45.4 Å². The molecule has 0 aromatic heterocycles. The smallest absolute Gasteiger partial charge is 0.195 e. The molecule has 0 bridgehead atoms. The van der Waals surface area contributed by atoms with E-state index in [1.54, 1.807) is 24.3 Å². The minimum atomic E-state index is -0.232. The fourth-order valence-corrected chi connectivity index (χ4v) is 4.85. The number of carbonyl (C=O) groups excluding carboxylic acids is 1. The molecule has 1 aliphatic carbocycles. The summed E-state index contributed by atoms with van der Waals surface area (Å²) >= 11 is 6.42. The van der Waals surface area contributed by atoms with Crippen molar-refractivity contribution in [2.45, 2.75) is 18.4 Å². The van der Waals surface area contributed by atoms with E-state index >= 15 is 0 Å². The van der Waals surface area contributed by atoms with Gasteiger partial charge in [-0.15, -0.1) is 0 Å². The molecule has 2 nitrogen and oxygen atoms in total. The zero-order chi connectivity index (χ0) is 20.0. The van der Waals surface area contributed by atoms with Gasteiger partial charge in [-0.25, -0.2) is 4.39 Å². The molecule has 0 radical (unpaired) electrons. The molecule has 144 valence electrons. The Labute approximate surface area is 174 Å². The van der Waals surface area contributed by atoms with Crippen molar-refractivity contribution in [1.29, 1.82) is 0 Å². The fraction of sp³-hybridized carbons (Fsp3) is 0.160. The maximum atomic E-state index is 14.6. The maximum absolute atomic E-state index is 14.6. The SMILES string of the molecule is O=C(c1ccccc1)c1cc(Cl)cc2c1N[C@H](c1ccccc1F)[C@H]1CC=C[C@H]21. The molecule has 0 unspecified atom stereocenters. The van der Waals surface area contributed by atoms with Crippen molar-refractivity contribution >= 4 is 23.1 Å². The molecular formula is C25H19ClFNO. The Morgan fingerprint density at radius 3 is 2.55 bits per heavy atom. The Balaban J connectivity index is 1.67. The summed E-state index contributed by atoms with van der Waals surface area (Å²) in [6, 6.07) is 19.4. The van der Waals surface area contributed by atoms with Crippen molar-refractivity contribution < 1.29 is 9.18 Å². The molecule has 3 aromatic carbocycles. The van der Waals surface area contributed by atoms with Crippen molar-refractivity contribution in [3.05, 3.63) is 112 Å². The number of hydrogen-bond acceptors (Lipinski definition) is 2. The fourth-order valence-electron chi connectivity index (χ4n) is 4.62. The molecule has 1 heterocycles. The maximum Gasteiger partial charge on any atom is 0.195 e. The van der Waals surface area contributed by atoms with Gasteiger partial charge in [-0.2, -0.15) is 0 Å². The minimum absolute atomic E-state index is 0.0930. The molecule has 2 aliphatic rings. The van der Waals surface area contributed by atoms with Gasteiger partial charge >= 0.3 is 0 Å². The first-order valence-corrected chi connectivity index (χ1v) is 10.1. The first-order valence-electron chi connectivity index (χ1n) is 9.74. The molecule has 1 aliphatic heterocycles. The lowest BCUT2D eigenvalue weighted by Gasteiger charge is -2.38. The molecule has 1 N–H and O–H groups in total. The summed E-state index contributed by atoms with van der Waals surface area (Å²) in [6.07, 6.45) is 5.15. The highest BCUT2D eigenvalue weighted by Gasteiger charge is 2.40. The van der Waals surface area contributed by atoms with Crippen molar-refractivity contribution in [2.75, 3.05) is 5.32 Å². The second-order valence-electron chi connectivity index (χ2n) is 7.61. The van der Waals surface area contributed by atoms with Gasteiger partial charge in [-0.1, -0.05) is 72.3 Å². The van der Waals surface area contributed by atoms with Gasteiger partial charge in [0.2, 0.25) is 0 Å². The van der Waals surface area contributed by atoms with E-state index in [4.69, 9.17) is 11.6 Å². The van der Waals surface area contributed by atoms with Gasteiger partial charge in [0, 0.05) is 33.3 Å². The van der Waals surface area contributed by atoms with Gasteiger partial charge in [0.05, 0.1) is 6.04 Å². The third-order valence-electron chi connectivity index (χ3n) is 5.95. The van der Waals surface area contributed by atoms with Crippen molar-refractivity contribution in [3.8, 4) is 0 Å². The Hall–Kier alpha value is -2.91. The highest BCUT2D eigenvalue weighted by molar-refractivity contribution is 6.31. The number of hydrogen-bond donors (Lipinski definition) is 1. The third-order valence-corrected chi connectivity index (χ3v) is 6.17. The van der Waals surface area contributed by atoms with Gasteiger partial charge in [-0.05, 0) is 36.1 Å². The molecular weight excluding hydrogens is 385 g/mol. The summed E-state index contributed by atoms with van der Waals surface area (Å²) in [7, 11) is 0. The first kappa shape index (κ1) is 18.1. The number of fused-ring (bicyclic) bond motifs is 3. The number of anilines is 1. The van der Waals surface area contributed by atoms with Crippen LogP contribution in [0.15, 0.2) is 78.9 Å². The van der Waals surface area contributed by atoms with Gasteiger partial charge in [-0.3, -0.25) is 4.79 Å². The zero-order valence-corrected chi connectivity index (χ0v) is 16.4. The van der Waals surface area contributed by atoms with E-state index in [0.29, 0.717) is 21.7 Å². The highest BCUT2D eigenvalue weighted by Crippen LogP contribution is 2.51. The van der Waals surface area contributed by atoms with E-state index in [-0.39, 0.29) is 29.5 Å². The van der Waals surface area contributed by atoms with Crippen LogP contribution < -0.4 is 5.32 Å². The largest absolute Gasteiger partial charge is 0.377 e. The van der Waals surface area contributed by atoms with E-state index in [1.165, 1.54) is 6.07 Å². The predicted molar refractivity (Wildman–Crippen MR) is 114 cm³/mol. The topological polar surface area (TPSA) is 29.1 Å². The van der Waals surface area contributed by atoms with Crippen LogP contribution in [0.25, 0.3) is 0 Å². The first-order chi connectivity index (χ1) is 14.1. The Morgan fingerprint density at radius 1 is 1.00 bits per heavy atom. The Morgan fingerprint density at radius 2 is 1.76 bits per heavy atom. The van der Waals surface area contributed by atoms with E-state index < -0.39 is 0 Å². The van der Waals surface area contributed by atoms with Crippen LogP contribution in [0.4, 0.5) is 10.1 Å². The predicted octanol–water partition coefficient (Wildman–Crippen LogP) is 6.54. The van der Waals surface area contributed by atoms with Gasteiger partial charge in [0.25, 0.3) is 0 Å². The van der Waals surface area contributed by atoms with E-state index in [1.807, 2.05) is 36.4 Å². The molecule has 0 fully saturated rings. The lowest BCUT2D eigenvalue weighted by molar-refractivity contribution is 0.103. The molecule has 0 amide bonds. The summed E-state index contributed by atoms with van der Waals surface area (Å²) in [5.41, 5.74) is 3.52. The lowest BCUT2D eigenvalue weighted by Crippen LogP contribution is -2.31. The van der Waals surface area contributed by atoms with E-state index in [0.717, 1.165) is 17.7 Å². The van der Waals surface area contributed by atoms with Gasteiger partial charge < -0.3 is 5.32 Å². The average Bonchev–Trinajstić information content (AvgIpc) is 3.24. The lowest BCUT2D eigenvalue weighted by atomic mass is 9.75. The number of benzene rings is 3. The summed E-state index contributed by atoms with van der Waals surface area (Å²) < 4.78 is 14.6. The third kappa shape index (κ3) is 3.06. The zero-order valence-electron chi connectivity index (χ0n) is 15.6. The second-order valence-corrected chi connectivity index (χ2v) is 8.05. The van der Waals surface area contributed by atoms with Crippen LogP contribution in [0.2, 0.25) is 5.02 Å².